The molecular weight excluding hydrogens is 465 g/mol. The number of carbonyl (C=O) groups is 1. The summed E-state index contributed by atoms with van der Waals surface area (Å²) in [4.78, 5) is 14.8. The van der Waals surface area contributed by atoms with E-state index in [9.17, 15) is 8.68 Å². The summed E-state index contributed by atoms with van der Waals surface area (Å²) in [5.41, 5.74) is 7.03. The Morgan fingerprint density at radius 1 is 0.971 bits per heavy atom. The number of hydrogen-bond acceptors (Lipinski definition) is 3. The van der Waals surface area contributed by atoms with Crippen LogP contribution in [0.3, 0.4) is 0 Å². The zero-order chi connectivity index (χ0) is 24.5. The molecule has 0 aliphatic heterocycles. The number of fused-ring (bicyclic) bond motifs is 1. The molecule has 1 heterocycles. The second-order valence-electron chi connectivity index (χ2n) is 7.79. The highest BCUT2D eigenvalue weighted by Crippen LogP contribution is 2.30. The van der Waals surface area contributed by atoms with Crippen molar-refractivity contribution in [2.45, 2.75) is 37.0 Å². The molecule has 6 heteroatoms. The summed E-state index contributed by atoms with van der Waals surface area (Å²) in [7, 11) is 0. The van der Waals surface area contributed by atoms with Crippen LogP contribution in [0.4, 0.5) is 3.89 Å². The summed E-state index contributed by atoms with van der Waals surface area (Å²) in [5.74, 6) is 0.109. The summed E-state index contributed by atoms with van der Waals surface area (Å²) in [6.45, 7) is 5.88. The Kier molecular flexibility index (Phi) is 9.42. The molecule has 0 aliphatic carbocycles. The van der Waals surface area contributed by atoms with E-state index >= 15 is 0 Å². The van der Waals surface area contributed by atoms with Crippen molar-refractivity contribution in [1.82, 2.24) is 4.98 Å². The lowest BCUT2D eigenvalue weighted by molar-refractivity contribution is -0.136. The van der Waals surface area contributed by atoms with Crippen LogP contribution < -0.4 is 0 Å². The number of para-hydroxylation sites is 1. The van der Waals surface area contributed by atoms with Gasteiger partial charge in [-0.3, -0.25) is 4.79 Å². The minimum absolute atomic E-state index is 0.222. The maximum Gasteiger partial charge on any atom is 0.303 e. The van der Waals surface area contributed by atoms with E-state index < -0.39 is 5.97 Å². The standard InChI is InChI=1S/C25H22FNS2.C3H6O2/c1-17-7-10-22(15-18(17)2)28-14-13-23(19-8-11-21(29-26)12-9-19)25-16-20-5-3-4-6-24(20)27-25;1-2-3(4)5/h3-13,15-16,27H,14H2,1-2H3;2H2,1H3,(H,4,5)/b23-13+;. The van der Waals surface area contributed by atoms with Gasteiger partial charge in [0.1, 0.15) is 0 Å². The van der Waals surface area contributed by atoms with E-state index in [4.69, 9.17) is 5.11 Å². The second kappa shape index (κ2) is 12.5. The van der Waals surface area contributed by atoms with Crippen molar-refractivity contribution in [1.29, 1.82) is 0 Å². The van der Waals surface area contributed by atoms with Gasteiger partial charge in [0.25, 0.3) is 0 Å². The van der Waals surface area contributed by atoms with Gasteiger partial charge in [0.2, 0.25) is 0 Å². The summed E-state index contributed by atoms with van der Waals surface area (Å²) in [6, 6.07) is 24.7. The summed E-state index contributed by atoms with van der Waals surface area (Å²) < 4.78 is 12.9. The van der Waals surface area contributed by atoms with Gasteiger partial charge in [-0.15, -0.1) is 11.8 Å². The Morgan fingerprint density at radius 2 is 1.65 bits per heavy atom. The SMILES string of the molecule is CCC(=O)O.Cc1ccc(SC/C=C(\c2ccc(SF)cc2)c2cc3ccccc3[nH]2)cc1C. The third-order valence-electron chi connectivity index (χ3n) is 5.39. The molecule has 34 heavy (non-hydrogen) atoms. The highest BCUT2D eigenvalue weighted by Gasteiger charge is 2.09. The number of rotatable bonds is 7. The quantitative estimate of drug-likeness (QED) is 0.254. The third-order valence-corrected chi connectivity index (χ3v) is 6.76. The van der Waals surface area contributed by atoms with Gasteiger partial charge in [-0.2, -0.15) is 3.89 Å². The molecule has 0 atom stereocenters. The topological polar surface area (TPSA) is 53.1 Å². The van der Waals surface area contributed by atoms with E-state index in [-0.39, 0.29) is 18.6 Å². The van der Waals surface area contributed by atoms with Crippen molar-refractivity contribution < 1.29 is 13.8 Å². The first-order valence-corrected chi connectivity index (χ1v) is 12.7. The fourth-order valence-corrected chi connectivity index (χ4v) is 4.42. The fraction of sp³-hybridized carbons (Fsp3) is 0.179. The Labute approximate surface area is 208 Å². The fourth-order valence-electron chi connectivity index (χ4n) is 3.31. The van der Waals surface area contributed by atoms with Crippen LogP contribution in [0.15, 0.2) is 88.7 Å². The largest absolute Gasteiger partial charge is 0.481 e. The van der Waals surface area contributed by atoms with Crippen LogP contribution >= 0.6 is 23.9 Å². The summed E-state index contributed by atoms with van der Waals surface area (Å²) in [5, 5.41) is 8.91. The predicted molar refractivity (Wildman–Crippen MR) is 143 cm³/mol. The number of thioether (sulfide) groups is 1. The third kappa shape index (κ3) is 7.02. The van der Waals surface area contributed by atoms with Crippen molar-refractivity contribution in [2.24, 2.45) is 0 Å². The van der Waals surface area contributed by atoms with Gasteiger partial charge in [-0.25, -0.2) is 0 Å². The Bertz CT molecular complexity index is 1250. The van der Waals surface area contributed by atoms with E-state index in [2.05, 4.69) is 61.3 Å². The lowest BCUT2D eigenvalue weighted by Gasteiger charge is -2.08. The van der Waals surface area contributed by atoms with Crippen molar-refractivity contribution in [3.8, 4) is 0 Å². The lowest BCUT2D eigenvalue weighted by atomic mass is 10.0. The van der Waals surface area contributed by atoms with Crippen LogP contribution in [-0.4, -0.2) is 21.8 Å². The number of carboxylic acids is 1. The van der Waals surface area contributed by atoms with Crippen molar-refractivity contribution >= 4 is 46.4 Å². The first kappa shape index (κ1) is 25.7. The van der Waals surface area contributed by atoms with Gasteiger partial charge in [0.15, 0.2) is 0 Å². The molecule has 2 N–H and O–H groups in total. The van der Waals surface area contributed by atoms with Gasteiger partial charge in [-0.1, -0.05) is 49.4 Å². The van der Waals surface area contributed by atoms with Crippen LogP contribution in [0.2, 0.25) is 0 Å². The highest BCUT2D eigenvalue weighted by molar-refractivity contribution is 7.99. The normalized spacial score (nSPS) is 11.2. The summed E-state index contributed by atoms with van der Waals surface area (Å²) >= 11 is 2.10. The number of aromatic nitrogens is 1. The maximum absolute atomic E-state index is 12.9. The van der Waals surface area contributed by atoms with Gasteiger partial charge >= 0.3 is 5.97 Å². The molecule has 0 unspecified atom stereocenters. The molecule has 176 valence electrons. The zero-order valence-electron chi connectivity index (χ0n) is 19.5. The number of benzene rings is 3. The van der Waals surface area contributed by atoms with E-state index in [1.54, 1.807) is 6.92 Å². The average Bonchev–Trinajstić information content (AvgIpc) is 3.28. The van der Waals surface area contributed by atoms with Crippen molar-refractivity contribution in [3.05, 3.63) is 101 Å². The molecule has 0 saturated heterocycles. The van der Waals surface area contributed by atoms with Gasteiger partial charge in [0.05, 0.1) is 12.1 Å². The van der Waals surface area contributed by atoms with Crippen LogP contribution in [0.5, 0.6) is 0 Å². The van der Waals surface area contributed by atoms with Crippen LogP contribution in [0, 0.1) is 13.8 Å². The van der Waals surface area contributed by atoms with Crippen molar-refractivity contribution in [2.75, 3.05) is 5.75 Å². The molecule has 3 nitrogen and oxygen atoms in total. The molecule has 0 amide bonds. The van der Waals surface area contributed by atoms with Gasteiger partial charge < -0.3 is 10.1 Å². The van der Waals surface area contributed by atoms with E-state index in [0.29, 0.717) is 4.90 Å². The number of aryl methyl sites for hydroxylation is 2. The minimum atomic E-state index is -0.745. The molecule has 1 aromatic heterocycles. The molecule has 4 rings (SSSR count). The highest BCUT2D eigenvalue weighted by atomic mass is 32.2. The molecule has 0 aliphatic rings. The lowest BCUT2D eigenvalue weighted by Crippen LogP contribution is -1.90. The predicted octanol–water partition coefficient (Wildman–Crippen LogP) is 8.47. The Hall–Kier alpha value is -2.96. The Balaban J connectivity index is 0.000000588. The number of H-pyrrole nitrogens is 1. The number of halogens is 1. The van der Waals surface area contributed by atoms with Gasteiger partial charge in [0, 0.05) is 44.1 Å². The average molecular weight is 494 g/mol. The molecule has 0 fully saturated rings. The zero-order valence-corrected chi connectivity index (χ0v) is 21.1. The van der Waals surface area contributed by atoms with E-state index in [0.717, 1.165) is 28.1 Å². The van der Waals surface area contributed by atoms with E-state index in [1.165, 1.54) is 21.4 Å². The second-order valence-corrected chi connectivity index (χ2v) is 9.51. The van der Waals surface area contributed by atoms with Crippen LogP contribution in [-0.2, 0) is 4.79 Å². The van der Waals surface area contributed by atoms with Crippen molar-refractivity contribution in [3.63, 3.8) is 0 Å². The number of hydrogen-bond donors (Lipinski definition) is 2. The number of nitrogens with one attached hydrogen (secondary N) is 1. The molecular formula is C28H28FNO2S2. The number of aliphatic carboxylic acids is 1. The molecule has 3 aromatic carbocycles. The summed E-state index contributed by atoms with van der Waals surface area (Å²) in [6.07, 6.45) is 2.47. The van der Waals surface area contributed by atoms with Crippen LogP contribution in [0.1, 0.15) is 35.7 Å². The maximum atomic E-state index is 12.9. The molecule has 0 bridgehead atoms. The van der Waals surface area contributed by atoms with E-state index in [1.807, 2.05) is 48.2 Å². The first-order valence-electron chi connectivity index (χ1n) is 11.0. The monoisotopic (exact) mass is 493 g/mol. The van der Waals surface area contributed by atoms with Crippen LogP contribution in [0.25, 0.3) is 16.5 Å². The first-order chi connectivity index (χ1) is 16.4. The molecule has 4 aromatic rings. The minimum Gasteiger partial charge on any atom is -0.481 e. The smallest absolute Gasteiger partial charge is 0.303 e. The number of carboxylic acid groups (broad SMARTS) is 1. The van der Waals surface area contributed by atoms with Gasteiger partial charge in [-0.05, 0) is 66.9 Å². The molecule has 0 spiro atoms. The Morgan fingerprint density at radius 3 is 2.26 bits per heavy atom. The molecule has 0 saturated carbocycles. The number of aromatic amines is 1. The molecule has 0 radical (unpaired) electrons.